The van der Waals surface area contributed by atoms with E-state index in [1.165, 1.54) is 11.8 Å². The van der Waals surface area contributed by atoms with Crippen LogP contribution in [0.5, 0.6) is 0 Å². The van der Waals surface area contributed by atoms with Crippen LogP contribution >= 0.6 is 11.8 Å². The van der Waals surface area contributed by atoms with Gasteiger partial charge in [-0.15, -0.1) is 0 Å². The first kappa shape index (κ1) is 13.9. The third kappa shape index (κ3) is 3.50. The molecule has 1 aliphatic heterocycles. The highest BCUT2D eigenvalue weighted by molar-refractivity contribution is 7.99. The molecule has 4 nitrogen and oxygen atoms in total. The second-order valence-corrected chi connectivity index (χ2v) is 5.37. The van der Waals surface area contributed by atoms with Gasteiger partial charge in [0.15, 0.2) is 0 Å². The van der Waals surface area contributed by atoms with E-state index >= 15 is 0 Å². The van der Waals surface area contributed by atoms with Gasteiger partial charge in [-0.2, -0.15) is 11.8 Å². The third-order valence-corrected chi connectivity index (χ3v) is 3.74. The number of rotatable bonds is 3. The van der Waals surface area contributed by atoms with E-state index in [-0.39, 0.29) is 17.9 Å². The van der Waals surface area contributed by atoms with Gasteiger partial charge in [0.2, 0.25) is 11.8 Å². The highest BCUT2D eigenvalue weighted by Crippen LogP contribution is 2.26. The maximum Gasteiger partial charge on any atom is 0.233 e. The SMILES string of the molecule is CSCC(=O)N1CCNC(=O)C[C@H]1c1ccccc1. The van der Waals surface area contributed by atoms with Gasteiger partial charge in [0, 0.05) is 13.1 Å². The number of carbonyl (C=O) groups is 2. The summed E-state index contributed by atoms with van der Waals surface area (Å²) >= 11 is 1.51. The molecule has 5 heteroatoms. The average Bonchev–Trinajstić information content (AvgIpc) is 2.62. The van der Waals surface area contributed by atoms with Crippen LogP contribution in [-0.4, -0.2) is 41.8 Å². The van der Waals surface area contributed by atoms with Gasteiger partial charge in [0.05, 0.1) is 18.2 Å². The molecule has 0 aromatic heterocycles. The molecule has 1 heterocycles. The number of thioether (sulfide) groups is 1. The summed E-state index contributed by atoms with van der Waals surface area (Å²) in [4.78, 5) is 25.8. The molecule has 102 valence electrons. The summed E-state index contributed by atoms with van der Waals surface area (Å²) in [6.07, 6.45) is 2.25. The fourth-order valence-corrected chi connectivity index (χ4v) is 2.72. The molecule has 1 fully saturated rings. The molecule has 0 radical (unpaired) electrons. The Morgan fingerprint density at radius 1 is 1.42 bits per heavy atom. The molecule has 0 bridgehead atoms. The van der Waals surface area contributed by atoms with Crippen molar-refractivity contribution in [2.75, 3.05) is 25.1 Å². The van der Waals surface area contributed by atoms with Crippen LogP contribution in [0.25, 0.3) is 0 Å². The van der Waals surface area contributed by atoms with E-state index in [1.54, 1.807) is 0 Å². The van der Waals surface area contributed by atoms with E-state index in [0.29, 0.717) is 25.3 Å². The van der Waals surface area contributed by atoms with Crippen LogP contribution in [0.3, 0.4) is 0 Å². The molecular formula is C14H18N2O2S. The Kier molecular flexibility index (Phi) is 4.85. The van der Waals surface area contributed by atoms with Crippen molar-refractivity contribution in [3.8, 4) is 0 Å². The minimum Gasteiger partial charge on any atom is -0.354 e. The van der Waals surface area contributed by atoms with Gasteiger partial charge in [0.1, 0.15) is 0 Å². The first-order valence-electron chi connectivity index (χ1n) is 6.32. The third-order valence-electron chi connectivity index (χ3n) is 3.20. The monoisotopic (exact) mass is 278 g/mol. The molecule has 2 amide bonds. The fourth-order valence-electron chi connectivity index (χ4n) is 2.31. The van der Waals surface area contributed by atoms with Gasteiger partial charge in [-0.25, -0.2) is 0 Å². The molecular weight excluding hydrogens is 260 g/mol. The zero-order valence-corrected chi connectivity index (χ0v) is 11.8. The Morgan fingerprint density at radius 3 is 2.84 bits per heavy atom. The minimum absolute atomic E-state index is 0.00769. The van der Waals surface area contributed by atoms with E-state index in [9.17, 15) is 9.59 Å². The number of nitrogens with zero attached hydrogens (tertiary/aromatic N) is 1. The summed E-state index contributed by atoms with van der Waals surface area (Å²) in [5.41, 5.74) is 1.02. The van der Waals surface area contributed by atoms with Gasteiger partial charge in [-0.3, -0.25) is 9.59 Å². The second kappa shape index (κ2) is 6.61. The molecule has 1 aromatic carbocycles. The molecule has 1 aromatic rings. The minimum atomic E-state index is -0.150. The number of amides is 2. The lowest BCUT2D eigenvalue weighted by Gasteiger charge is -2.29. The molecule has 0 unspecified atom stereocenters. The van der Waals surface area contributed by atoms with Crippen LogP contribution in [-0.2, 0) is 9.59 Å². The number of carbonyl (C=O) groups excluding carboxylic acids is 2. The molecule has 2 rings (SSSR count). The molecule has 19 heavy (non-hydrogen) atoms. The maximum absolute atomic E-state index is 12.2. The van der Waals surface area contributed by atoms with Gasteiger partial charge >= 0.3 is 0 Å². The smallest absolute Gasteiger partial charge is 0.233 e. The first-order valence-corrected chi connectivity index (χ1v) is 7.72. The van der Waals surface area contributed by atoms with Crippen molar-refractivity contribution in [3.05, 3.63) is 35.9 Å². The molecule has 0 saturated carbocycles. The van der Waals surface area contributed by atoms with E-state index in [4.69, 9.17) is 0 Å². The van der Waals surface area contributed by atoms with Crippen LogP contribution in [0.15, 0.2) is 30.3 Å². The number of hydrogen-bond acceptors (Lipinski definition) is 3. The highest BCUT2D eigenvalue weighted by Gasteiger charge is 2.29. The summed E-state index contributed by atoms with van der Waals surface area (Å²) in [5.74, 6) is 0.559. The standard InChI is InChI=1S/C14H18N2O2S/c1-19-10-14(18)16-8-7-15-13(17)9-12(16)11-5-3-2-4-6-11/h2-6,12H,7-10H2,1H3,(H,15,17)/t12-/m0/s1. The highest BCUT2D eigenvalue weighted by atomic mass is 32.2. The molecule has 0 aliphatic carbocycles. The van der Waals surface area contributed by atoms with Crippen LogP contribution in [0.4, 0.5) is 0 Å². The topological polar surface area (TPSA) is 49.4 Å². The van der Waals surface area contributed by atoms with Crippen molar-refractivity contribution < 1.29 is 9.59 Å². The van der Waals surface area contributed by atoms with E-state index in [2.05, 4.69) is 5.32 Å². The maximum atomic E-state index is 12.2. The predicted octanol–water partition coefficient (Wildman–Crippen LogP) is 1.44. The largest absolute Gasteiger partial charge is 0.354 e. The Bertz CT molecular complexity index is 450. The van der Waals surface area contributed by atoms with Gasteiger partial charge in [-0.1, -0.05) is 30.3 Å². The van der Waals surface area contributed by atoms with Crippen molar-refractivity contribution in [1.29, 1.82) is 0 Å². The van der Waals surface area contributed by atoms with Crippen molar-refractivity contribution in [3.63, 3.8) is 0 Å². The van der Waals surface area contributed by atoms with Crippen LogP contribution in [0.1, 0.15) is 18.0 Å². The zero-order valence-electron chi connectivity index (χ0n) is 11.0. The number of hydrogen-bond donors (Lipinski definition) is 1. The lowest BCUT2D eigenvalue weighted by Crippen LogP contribution is -2.37. The van der Waals surface area contributed by atoms with Gasteiger partial charge < -0.3 is 10.2 Å². The second-order valence-electron chi connectivity index (χ2n) is 4.50. The van der Waals surface area contributed by atoms with E-state index in [0.717, 1.165) is 5.56 Å². The summed E-state index contributed by atoms with van der Waals surface area (Å²) in [6, 6.07) is 9.62. The first-order chi connectivity index (χ1) is 9.22. The van der Waals surface area contributed by atoms with Crippen molar-refractivity contribution in [2.45, 2.75) is 12.5 Å². The van der Waals surface area contributed by atoms with Crippen LogP contribution in [0, 0.1) is 0 Å². The molecule has 1 aliphatic rings. The van der Waals surface area contributed by atoms with E-state index < -0.39 is 0 Å². The predicted molar refractivity (Wildman–Crippen MR) is 76.9 cm³/mol. The van der Waals surface area contributed by atoms with Crippen molar-refractivity contribution >= 4 is 23.6 Å². The summed E-state index contributed by atoms with van der Waals surface area (Å²) in [7, 11) is 0. The number of nitrogens with one attached hydrogen (secondary N) is 1. The number of benzene rings is 1. The Hall–Kier alpha value is -1.49. The fraction of sp³-hybridized carbons (Fsp3) is 0.429. The lowest BCUT2D eigenvalue weighted by atomic mass is 10.0. The van der Waals surface area contributed by atoms with Gasteiger partial charge in [0.25, 0.3) is 0 Å². The Labute approximate surface area is 117 Å². The van der Waals surface area contributed by atoms with Gasteiger partial charge in [-0.05, 0) is 11.8 Å². The quantitative estimate of drug-likeness (QED) is 0.910. The Balaban J connectivity index is 2.26. The zero-order chi connectivity index (χ0) is 13.7. The Morgan fingerprint density at radius 2 is 2.16 bits per heavy atom. The van der Waals surface area contributed by atoms with Crippen LogP contribution < -0.4 is 5.32 Å². The van der Waals surface area contributed by atoms with Crippen molar-refractivity contribution in [2.24, 2.45) is 0 Å². The normalized spacial score (nSPS) is 19.7. The molecule has 0 spiro atoms. The summed E-state index contributed by atoms with van der Waals surface area (Å²) < 4.78 is 0. The lowest BCUT2D eigenvalue weighted by molar-refractivity contribution is -0.131. The molecule has 1 N–H and O–H groups in total. The summed E-state index contributed by atoms with van der Waals surface area (Å²) in [6.45, 7) is 1.10. The van der Waals surface area contributed by atoms with Crippen LogP contribution in [0.2, 0.25) is 0 Å². The summed E-state index contributed by atoms with van der Waals surface area (Å²) in [5, 5.41) is 2.83. The van der Waals surface area contributed by atoms with E-state index in [1.807, 2.05) is 41.5 Å². The molecule has 1 saturated heterocycles. The molecule has 1 atom stereocenters. The van der Waals surface area contributed by atoms with Crippen molar-refractivity contribution in [1.82, 2.24) is 10.2 Å². The average molecular weight is 278 g/mol.